The molecule has 1 fully saturated rings. The number of thiophene rings is 1. The van der Waals surface area contributed by atoms with Crippen LogP contribution in [0.4, 0.5) is 10.7 Å². The van der Waals surface area contributed by atoms with Crippen LogP contribution in [0.3, 0.4) is 0 Å². The van der Waals surface area contributed by atoms with Crippen LogP contribution < -0.4 is 16.0 Å². The molecular weight excluding hydrogens is 360 g/mol. The van der Waals surface area contributed by atoms with Gasteiger partial charge in [-0.1, -0.05) is 18.2 Å². The van der Waals surface area contributed by atoms with Gasteiger partial charge in [0.05, 0.1) is 11.6 Å². The summed E-state index contributed by atoms with van der Waals surface area (Å²) < 4.78 is 0. The second-order valence-electron chi connectivity index (χ2n) is 6.93. The molecule has 0 aliphatic carbocycles. The summed E-state index contributed by atoms with van der Waals surface area (Å²) in [6.07, 6.45) is 2.46. The number of para-hydroxylation sites is 1. The van der Waals surface area contributed by atoms with Crippen molar-refractivity contribution >= 4 is 33.8 Å². The summed E-state index contributed by atoms with van der Waals surface area (Å²) in [5, 5.41) is 5.09. The van der Waals surface area contributed by atoms with E-state index in [-0.39, 0.29) is 11.9 Å². The minimum atomic E-state index is -0.535. The monoisotopic (exact) mass is 386 g/mol. The van der Waals surface area contributed by atoms with Gasteiger partial charge in [0, 0.05) is 25.3 Å². The van der Waals surface area contributed by atoms with Gasteiger partial charge in [-0.05, 0) is 49.9 Å². The van der Waals surface area contributed by atoms with Crippen molar-refractivity contribution in [3.63, 3.8) is 0 Å². The van der Waals surface area contributed by atoms with E-state index in [0.29, 0.717) is 17.1 Å². The average Bonchev–Trinajstić information content (AvgIpc) is 3.33. The molecule has 2 amide bonds. The van der Waals surface area contributed by atoms with Crippen molar-refractivity contribution in [3.8, 4) is 0 Å². The van der Waals surface area contributed by atoms with Crippen molar-refractivity contribution < 1.29 is 9.59 Å². The van der Waals surface area contributed by atoms with E-state index in [1.165, 1.54) is 35.4 Å². The van der Waals surface area contributed by atoms with E-state index in [2.05, 4.69) is 28.4 Å². The maximum atomic E-state index is 12.6. The van der Waals surface area contributed by atoms with Crippen LogP contribution in [0.2, 0.25) is 0 Å². The van der Waals surface area contributed by atoms with Crippen LogP contribution in [-0.2, 0) is 11.3 Å². The number of nitrogens with zero attached hydrogens (tertiary/aromatic N) is 2. The van der Waals surface area contributed by atoms with Crippen LogP contribution in [-0.4, -0.2) is 42.9 Å². The normalized spacial score (nSPS) is 15.1. The highest BCUT2D eigenvalue weighted by molar-refractivity contribution is 7.14. The fourth-order valence-electron chi connectivity index (χ4n) is 3.33. The van der Waals surface area contributed by atoms with Crippen molar-refractivity contribution in [2.24, 2.45) is 5.73 Å². The first-order valence-electron chi connectivity index (χ1n) is 9.18. The molecule has 144 valence electrons. The molecule has 27 heavy (non-hydrogen) atoms. The summed E-state index contributed by atoms with van der Waals surface area (Å²) in [5.41, 5.74) is 8.17. The van der Waals surface area contributed by atoms with Crippen LogP contribution in [0.5, 0.6) is 0 Å². The number of nitrogens with one attached hydrogen (secondary N) is 1. The number of carbonyl (C=O) groups excluding carboxylic acids is 2. The van der Waals surface area contributed by atoms with Crippen LogP contribution in [0.15, 0.2) is 35.7 Å². The Labute approximate surface area is 164 Å². The van der Waals surface area contributed by atoms with Crippen molar-refractivity contribution in [1.29, 1.82) is 0 Å². The quantitative estimate of drug-likeness (QED) is 0.767. The van der Waals surface area contributed by atoms with Crippen molar-refractivity contribution in [3.05, 3.63) is 46.8 Å². The zero-order valence-electron chi connectivity index (χ0n) is 15.8. The van der Waals surface area contributed by atoms with Gasteiger partial charge in [0.25, 0.3) is 5.91 Å². The molecule has 0 saturated carbocycles. The number of likely N-dealkylation sites (N-methyl/N-ethyl adjacent to an activating group) is 1. The van der Waals surface area contributed by atoms with Crippen molar-refractivity contribution in [2.45, 2.75) is 32.4 Å². The number of rotatable bonds is 7. The van der Waals surface area contributed by atoms with E-state index in [4.69, 9.17) is 5.73 Å². The lowest BCUT2D eigenvalue weighted by Crippen LogP contribution is -2.39. The van der Waals surface area contributed by atoms with Crippen molar-refractivity contribution in [1.82, 2.24) is 4.90 Å². The van der Waals surface area contributed by atoms with Gasteiger partial charge in [0.15, 0.2) is 0 Å². The number of anilines is 2. The summed E-state index contributed by atoms with van der Waals surface area (Å²) in [6.45, 7) is 4.72. The Morgan fingerprint density at radius 2 is 1.96 bits per heavy atom. The molecular formula is C20H26N4O2S. The number of hydrogen-bond donors (Lipinski definition) is 2. The molecule has 0 bridgehead atoms. The van der Waals surface area contributed by atoms with Crippen LogP contribution in [0.1, 0.15) is 35.7 Å². The largest absolute Gasteiger partial charge is 0.371 e. The molecule has 0 spiro atoms. The summed E-state index contributed by atoms with van der Waals surface area (Å²) in [4.78, 5) is 28.5. The number of primary amides is 1. The Morgan fingerprint density at radius 3 is 2.67 bits per heavy atom. The standard InChI is InChI=1S/C20H26N4O2S/c1-14(19(26)22-20-16(18(21)25)9-12-27-20)23(2)13-15-7-3-4-8-17(15)24-10-5-6-11-24/h3-4,7-9,12,14H,5-6,10-11,13H2,1-2H3,(H2,21,25)(H,22,26)/t14-/m1/s1. The first kappa shape index (κ1) is 19.4. The second kappa shape index (κ2) is 8.54. The Balaban J connectivity index is 1.67. The number of hydrogen-bond acceptors (Lipinski definition) is 5. The van der Waals surface area contributed by atoms with E-state index in [0.717, 1.165) is 13.1 Å². The first-order chi connectivity index (χ1) is 13.0. The van der Waals surface area contributed by atoms with E-state index >= 15 is 0 Å². The predicted molar refractivity (Wildman–Crippen MR) is 110 cm³/mol. The lowest BCUT2D eigenvalue weighted by molar-refractivity contribution is -0.120. The maximum Gasteiger partial charge on any atom is 0.251 e. The van der Waals surface area contributed by atoms with Gasteiger partial charge in [-0.3, -0.25) is 14.5 Å². The topological polar surface area (TPSA) is 78.7 Å². The Kier molecular flexibility index (Phi) is 6.13. The minimum Gasteiger partial charge on any atom is -0.371 e. The summed E-state index contributed by atoms with van der Waals surface area (Å²) in [5.74, 6) is -0.687. The van der Waals surface area contributed by atoms with E-state index in [1.807, 2.05) is 24.9 Å². The molecule has 1 aromatic heterocycles. The lowest BCUT2D eigenvalue weighted by Gasteiger charge is -2.27. The highest BCUT2D eigenvalue weighted by Gasteiger charge is 2.22. The molecule has 1 aliphatic heterocycles. The third-order valence-electron chi connectivity index (χ3n) is 5.07. The zero-order chi connectivity index (χ0) is 19.4. The van der Waals surface area contributed by atoms with Gasteiger partial charge in [0.2, 0.25) is 5.91 Å². The summed E-state index contributed by atoms with van der Waals surface area (Å²) in [6, 6.07) is 9.67. The number of nitrogens with two attached hydrogens (primary N) is 1. The van der Waals surface area contributed by atoms with Gasteiger partial charge in [-0.25, -0.2) is 0 Å². The number of benzene rings is 1. The maximum absolute atomic E-state index is 12.6. The molecule has 1 saturated heterocycles. The molecule has 0 radical (unpaired) electrons. The molecule has 1 atom stereocenters. The smallest absolute Gasteiger partial charge is 0.251 e. The van der Waals surface area contributed by atoms with Crippen LogP contribution >= 0.6 is 11.3 Å². The Bertz CT molecular complexity index is 814. The fourth-order valence-corrected chi connectivity index (χ4v) is 4.13. The zero-order valence-corrected chi connectivity index (χ0v) is 16.6. The highest BCUT2D eigenvalue weighted by Crippen LogP contribution is 2.26. The van der Waals surface area contributed by atoms with E-state index < -0.39 is 5.91 Å². The number of carbonyl (C=O) groups is 2. The van der Waals surface area contributed by atoms with Crippen LogP contribution in [0, 0.1) is 0 Å². The first-order valence-corrected chi connectivity index (χ1v) is 10.1. The Hall–Kier alpha value is -2.38. The molecule has 1 aromatic carbocycles. The molecule has 2 heterocycles. The minimum absolute atomic E-state index is 0.152. The van der Waals surface area contributed by atoms with Crippen LogP contribution in [0.25, 0.3) is 0 Å². The van der Waals surface area contributed by atoms with Gasteiger partial charge in [-0.2, -0.15) is 0 Å². The molecule has 7 heteroatoms. The summed E-state index contributed by atoms with van der Waals surface area (Å²) in [7, 11) is 1.94. The molecule has 6 nitrogen and oxygen atoms in total. The second-order valence-corrected chi connectivity index (χ2v) is 7.85. The lowest BCUT2D eigenvalue weighted by atomic mass is 10.1. The third kappa shape index (κ3) is 4.48. The van der Waals surface area contributed by atoms with Gasteiger partial charge in [-0.15, -0.1) is 11.3 Å². The van der Waals surface area contributed by atoms with Gasteiger partial charge in [0.1, 0.15) is 5.00 Å². The molecule has 3 N–H and O–H groups in total. The molecule has 3 rings (SSSR count). The number of amides is 2. The van der Waals surface area contributed by atoms with E-state index in [9.17, 15) is 9.59 Å². The van der Waals surface area contributed by atoms with E-state index in [1.54, 1.807) is 11.4 Å². The van der Waals surface area contributed by atoms with Gasteiger partial charge >= 0.3 is 0 Å². The van der Waals surface area contributed by atoms with Crippen molar-refractivity contribution in [2.75, 3.05) is 30.4 Å². The average molecular weight is 387 g/mol. The molecule has 2 aromatic rings. The highest BCUT2D eigenvalue weighted by atomic mass is 32.1. The Morgan fingerprint density at radius 1 is 1.26 bits per heavy atom. The predicted octanol–water partition coefficient (Wildman–Crippen LogP) is 2.91. The molecule has 1 aliphatic rings. The molecule has 0 unspecified atom stereocenters. The summed E-state index contributed by atoms with van der Waals surface area (Å²) >= 11 is 1.30. The SMILES string of the molecule is C[C@H](C(=O)Nc1sccc1C(N)=O)N(C)Cc1ccccc1N1CCCC1. The third-order valence-corrected chi connectivity index (χ3v) is 5.90. The van der Waals surface area contributed by atoms with Gasteiger partial charge < -0.3 is 16.0 Å². The fraction of sp³-hybridized carbons (Fsp3) is 0.400.